The van der Waals surface area contributed by atoms with E-state index in [1.165, 1.54) is 21.3 Å². The summed E-state index contributed by atoms with van der Waals surface area (Å²) < 4.78 is 26.7. The van der Waals surface area contributed by atoms with Crippen LogP contribution in [0, 0.1) is 0 Å². The Labute approximate surface area is 177 Å². The number of hydrogen-bond acceptors (Lipinski definition) is 6. The smallest absolute Gasteiger partial charge is 0.255 e. The second-order valence-corrected chi connectivity index (χ2v) is 6.86. The van der Waals surface area contributed by atoms with Crippen molar-refractivity contribution in [1.82, 2.24) is 5.32 Å². The van der Waals surface area contributed by atoms with Crippen molar-refractivity contribution >= 4 is 5.91 Å². The van der Waals surface area contributed by atoms with E-state index >= 15 is 0 Å². The van der Waals surface area contributed by atoms with Crippen molar-refractivity contribution in [3.8, 4) is 28.7 Å². The van der Waals surface area contributed by atoms with Gasteiger partial charge in [-0.3, -0.25) is 4.79 Å². The molecule has 0 aliphatic carbocycles. The third-order valence-electron chi connectivity index (χ3n) is 4.92. The van der Waals surface area contributed by atoms with Gasteiger partial charge in [0.25, 0.3) is 5.91 Å². The Hall–Kier alpha value is -3.13. The molecule has 0 aliphatic rings. The number of ether oxygens (including phenoxy) is 5. The number of carbonyl (C=O) groups is 1. The Morgan fingerprint density at radius 2 is 1.33 bits per heavy atom. The molecule has 2 aromatic carbocycles. The summed E-state index contributed by atoms with van der Waals surface area (Å²) in [5.41, 5.74) is 1.39. The van der Waals surface area contributed by atoms with Gasteiger partial charge in [-0.05, 0) is 18.2 Å². The number of nitrogens with one attached hydrogen (secondary N) is 2. The first-order valence-corrected chi connectivity index (χ1v) is 9.50. The number of rotatable bonds is 10. The van der Waals surface area contributed by atoms with Crippen LogP contribution in [-0.4, -0.2) is 62.1 Å². The Bertz CT molecular complexity index is 869. The maximum Gasteiger partial charge on any atom is 0.255 e. The van der Waals surface area contributed by atoms with E-state index in [9.17, 15) is 4.79 Å². The Morgan fingerprint density at radius 1 is 0.800 bits per heavy atom. The minimum atomic E-state index is -0.264. The van der Waals surface area contributed by atoms with E-state index in [1.54, 1.807) is 26.4 Å². The van der Waals surface area contributed by atoms with Crippen LogP contribution in [0.3, 0.4) is 0 Å². The summed E-state index contributed by atoms with van der Waals surface area (Å²) in [7, 11) is 11.8. The quantitative estimate of drug-likeness (QED) is 0.605. The molecule has 0 unspecified atom stereocenters. The van der Waals surface area contributed by atoms with Gasteiger partial charge in [0.05, 0.1) is 61.8 Å². The van der Waals surface area contributed by atoms with Gasteiger partial charge in [-0.15, -0.1) is 0 Å². The van der Waals surface area contributed by atoms with Crippen LogP contribution in [0.15, 0.2) is 30.3 Å². The molecule has 2 rings (SSSR count). The molecule has 0 saturated carbocycles. The number of hydrogen-bond donors (Lipinski definition) is 2. The van der Waals surface area contributed by atoms with Crippen LogP contribution in [0.4, 0.5) is 0 Å². The number of carbonyl (C=O) groups excluding carboxylic acids is 1. The highest BCUT2D eigenvalue weighted by Crippen LogP contribution is 2.34. The van der Waals surface area contributed by atoms with Gasteiger partial charge in [0.2, 0.25) is 0 Å². The van der Waals surface area contributed by atoms with Crippen molar-refractivity contribution in [2.24, 2.45) is 0 Å². The molecule has 0 aromatic heterocycles. The average Bonchev–Trinajstić information content (AvgIpc) is 2.77. The Morgan fingerprint density at radius 3 is 1.87 bits per heavy atom. The average molecular weight is 419 g/mol. The molecule has 0 fully saturated rings. The number of quaternary nitrogens is 1. The van der Waals surface area contributed by atoms with Crippen LogP contribution in [0.1, 0.15) is 22.0 Å². The molecule has 2 aromatic rings. The van der Waals surface area contributed by atoms with Crippen LogP contribution in [0.2, 0.25) is 0 Å². The van der Waals surface area contributed by atoms with Gasteiger partial charge in [0.1, 0.15) is 11.8 Å². The lowest BCUT2D eigenvalue weighted by Gasteiger charge is -2.23. The Kier molecular flexibility index (Phi) is 8.17. The second kappa shape index (κ2) is 10.6. The van der Waals surface area contributed by atoms with Crippen molar-refractivity contribution in [3.05, 3.63) is 41.5 Å². The predicted molar refractivity (Wildman–Crippen MR) is 114 cm³/mol. The van der Waals surface area contributed by atoms with Crippen LogP contribution in [0.25, 0.3) is 0 Å². The van der Waals surface area contributed by atoms with E-state index in [1.807, 2.05) is 32.3 Å². The molecule has 2 N–H and O–H groups in total. The molecule has 1 amide bonds. The van der Waals surface area contributed by atoms with Crippen LogP contribution in [0.5, 0.6) is 28.7 Å². The highest BCUT2D eigenvalue weighted by molar-refractivity contribution is 5.97. The van der Waals surface area contributed by atoms with Crippen molar-refractivity contribution in [3.63, 3.8) is 0 Å². The van der Waals surface area contributed by atoms with Gasteiger partial charge in [0.15, 0.2) is 23.0 Å². The molecule has 0 heterocycles. The summed E-state index contributed by atoms with van der Waals surface area (Å²) in [6.07, 6.45) is 0. The van der Waals surface area contributed by atoms with Gasteiger partial charge in [0, 0.05) is 17.7 Å². The van der Waals surface area contributed by atoms with E-state index in [0.717, 1.165) is 10.5 Å². The SMILES string of the molecule is COc1ccc([C@@H](CNC(=O)c2cc(OC)c(OC)cc2OC)[NH+](C)C)cc1OC. The third-order valence-corrected chi connectivity index (χ3v) is 4.92. The van der Waals surface area contributed by atoms with E-state index in [2.05, 4.69) is 5.32 Å². The standard InChI is InChI=1S/C22H30N2O6/c1-24(2)16(14-8-9-17(26-3)19(10-14)28-5)13-23-22(25)15-11-20(29-6)21(30-7)12-18(15)27-4/h8-12,16H,13H2,1-7H3,(H,23,25)/p+1/t16-/m1/s1. The van der Waals surface area contributed by atoms with Crippen molar-refractivity contribution in [1.29, 1.82) is 0 Å². The normalized spacial score (nSPS) is 11.6. The van der Waals surface area contributed by atoms with Gasteiger partial charge >= 0.3 is 0 Å². The minimum absolute atomic E-state index is 0.0000973. The lowest BCUT2D eigenvalue weighted by molar-refractivity contribution is -0.890. The van der Waals surface area contributed by atoms with E-state index < -0.39 is 0 Å². The zero-order valence-corrected chi connectivity index (χ0v) is 18.6. The fraction of sp³-hybridized carbons (Fsp3) is 0.409. The number of amides is 1. The molecule has 0 bridgehead atoms. The van der Waals surface area contributed by atoms with Gasteiger partial charge in [-0.2, -0.15) is 0 Å². The fourth-order valence-corrected chi connectivity index (χ4v) is 3.22. The molecule has 1 atom stereocenters. The van der Waals surface area contributed by atoms with Crippen molar-refractivity contribution < 1.29 is 33.4 Å². The molecule has 0 spiro atoms. The predicted octanol–water partition coefficient (Wildman–Crippen LogP) is 1.35. The maximum atomic E-state index is 12.9. The van der Waals surface area contributed by atoms with Crippen LogP contribution < -0.4 is 33.9 Å². The molecule has 164 valence electrons. The maximum absolute atomic E-state index is 12.9. The van der Waals surface area contributed by atoms with Crippen LogP contribution in [-0.2, 0) is 0 Å². The first-order chi connectivity index (χ1) is 14.4. The van der Waals surface area contributed by atoms with Gasteiger partial charge in [-0.25, -0.2) is 0 Å². The largest absolute Gasteiger partial charge is 0.496 e. The summed E-state index contributed by atoms with van der Waals surface area (Å²) in [4.78, 5) is 14.1. The summed E-state index contributed by atoms with van der Waals surface area (Å²) in [5, 5.41) is 3.00. The Balaban J connectivity index is 2.26. The van der Waals surface area contributed by atoms with Crippen LogP contribution >= 0.6 is 0 Å². The van der Waals surface area contributed by atoms with E-state index in [0.29, 0.717) is 40.9 Å². The zero-order chi connectivity index (χ0) is 22.3. The molecule has 30 heavy (non-hydrogen) atoms. The number of likely N-dealkylation sites (N-methyl/N-ethyl adjacent to an activating group) is 1. The lowest BCUT2D eigenvalue weighted by Crippen LogP contribution is -3.07. The lowest BCUT2D eigenvalue weighted by atomic mass is 10.0. The molecule has 0 saturated heterocycles. The van der Waals surface area contributed by atoms with E-state index in [4.69, 9.17) is 23.7 Å². The van der Waals surface area contributed by atoms with Gasteiger partial charge < -0.3 is 33.9 Å². The number of benzene rings is 2. The molecule has 8 heteroatoms. The first-order valence-electron chi connectivity index (χ1n) is 9.50. The van der Waals surface area contributed by atoms with Crippen molar-refractivity contribution in [2.75, 3.05) is 56.2 Å². The van der Waals surface area contributed by atoms with Gasteiger partial charge in [-0.1, -0.05) is 0 Å². The van der Waals surface area contributed by atoms with E-state index in [-0.39, 0.29) is 11.9 Å². The third kappa shape index (κ3) is 5.07. The second-order valence-electron chi connectivity index (χ2n) is 6.86. The molecule has 0 radical (unpaired) electrons. The number of methoxy groups -OCH3 is 5. The molecule has 0 aliphatic heterocycles. The monoisotopic (exact) mass is 419 g/mol. The fourth-order valence-electron chi connectivity index (χ4n) is 3.22. The van der Waals surface area contributed by atoms with Crippen molar-refractivity contribution in [2.45, 2.75) is 6.04 Å². The summed E-state index contributed by atoms with van der Waals surface area (Å²) in [6, 6.07) is 9.02. The highest BCUT2D eigenvalue weighted by atomic mass is 16.5. The molecular formula is C22H31N2O6+. The topological polar surface area (TPSA) is 79.7 Å². The minimum Gasteiger partial charge on any atom is -0.496 e. The highest BCUT2D eigenvalue weighted by Gasteiger charge is 2.23. The first kappa shape index (κ1) is 23.2. The summed E-state index contributed by atoms with van der Waals surface area (Å²) in [5.74, 6) is 2.40. The molecular weight excluding hydrogens is 388 g/mol. The summed E-state index contributed by atoms with van der Waals surface area (Å²) >= 11 is 0. The summed E-state index contributed by atoms with van der Waals surface area (Å²) in [6.45, 7) is 0.411. The molecule has 8 nitrogen and oxygen atoms in total. The zero-order valence-electron chi connectivity index (χ0n) is 18.6.